The summed E-state index contributed by atoms with van der Waals surface area (Å²) in [7, 11) is -3.83. The van der Waals surface area contributed by atoms with E-state index in [9.17, 15) is 8.42 Å². The summed E-state index contributed by atoms with van der Waals surface area (Å²) in [5, 5.41) is 8.08. The number of fused-ring (bicyclic) bond motifs is 1. The minimum absolute atomic E-state index is 0.0335. The lowest BCUT2D eigenvalue weighted by Gasteiger charge is -2.24. The van der Waals surface area contributed by atoms with Crippen LogP contribution < -0.4 is 9.47 Å². The topological polar surface area (TPSA) is 94.8 Å². The Labute approximate surface area is 175 Å². The van der Waals surface area contributed by atoms with Crippen LogP contribution in [0.15, 0.2) is 57.8 Å². The zero-order chi connectivity index (χ0) is 21.1. The molecule has 0 fully saturated rings. The zero-order valence-corrected chi connectivity index (χ0v) is 17.6. The Balaban J connectivity index is 1.61. The molecule has 158 valence electrons. The molecule has 0 saturated carbocycles. The van der Waals surface area contributed by atoms with Gasteiger partial charge in [0.05, 0.1) is 24.7 Å². The van der Waals surface area contributed by atoms with E-state index in [0.717, 1.165) is 12.0 Å². The number of hydrogen-bond acceptors (Lipinski definition) is 7. The molecule has 30 heavy (non-hydrogen) atoms. The van der Waals surface area contributed by atoms with Gasteiger partial charge in [0.2, 0.25) is 21.8 Å². The molecule has 0 amide bonds. The first-order chi connectivity index (χ1) is 14.4. The second-order valence-corrected chi connectivity index (χ2v) is 9.06. The van der Waals surface area contributed by atoms with Gasteiger partial charge in [-0.2, -0.15) is 4.31 Å². The molecule has 0 unspecified atom stereocenters. The molecule has 4 rings (SSSR count). The van der Waals surface area contributed by atoms with E-state index in [-0.39, 0.29) is 23.4 Å². The van der Waals surface area contributed by atoms with Crippen LogP contribution in [0.3, 0.4) is 0 Å². The van der Waals surface area contributed by atoms with Crippen LogP contribution in [0.25, 0.3) is 11.5 Å². The van der Waals surface area contributed by atoms with Crippen LogP contribution in [0, 0.1) is 0 Å². The van der Waals surface area contributed by atoms with Crippen molar-refractivity contribution in [3.8, 4) is 23.0 Å². The Bertz CT molecular complexity index is 1110. The highest BCUT2D eigenvalue weighted by atomic mass is 32.2. The highest BCUT2D eigenvalue weighted by molar-refractivity contribution is 7.89. The summed E-state index contributed by atoms with van der Waals surface area (Å²) in [6, 6.07) is 13.7. The predicted molar refractivity (Wildman–Crippen MR) is 110 cm³/mol. The van der Waals surface area contributed by atoms with Gasteiger partial charge in [-0.05, 0) is 38.1 Å². The third-order valence-corrected chi connectivity index (χ3v) is 6.70. The normalized spacial score (nSPS) is 14.1. The monoisotopic (exact) mass is 429 g/mol. The van der Waals surface area contributed by atoms with Gasteiger partial charge in [-0.15, -0.1) is 10.2 Å². The molecule has 3 aromatic rings. The summed E-state index contributed by atoms with van der Waals surface area (Å²) in [5.41, 5.74) is 0.776. The lowest BCUT2D eigenvalue weighted by Crippen LogP contribution is -2.36. The van der Waals surface area contributed by atoms with E-state index in [0.29, 0.717) is 30.6 Å². The fourth-order valence-corrected chi connectivity index (χ4v) is 4.74. The number of hydrogen-bond donors (Lipinski definition) is 0. The van der Waals surface area contributed by atoms with Crippen LogP contribution in [-0.2, 0) is 16.6 Å². The van der Waals surface area contributed by atoms with Crippen molar-refractivity contribution in [1.82, 2.24) is 14.5 Å². The molecule has 0 bridgehead atoms. The standard InChI is InChI=1S/C21H23N3O5S/c1-15(2)24(14-20-22-23-21(29-20)16-7-4-3-5-8-16)30(25,26)17-9-10-18-19(13-17)28-12-6-11-27-18/h3-5,7-10,13,15H,6,11-12,14H2,1-2H3. The van der Waals surface area contributed by atoms with Gasteiger partial charge in [-0.1, -0.05) is 18.2 Å². The van der Waals surface area contributed by atoms with Crippen molar-refractivity contribution in [2.45, 2.75) is 37.8 Å². The molecule has 0 spiro atoms. The van der Waals surface area contributed by atoms with E-state index in [1.54, 1.807) is 19.9 Å². The van der Waals surface area contributed by atoms with E-state index >= 15 is 0 Å². The van der Waals surface area contributed by atoms with Crippen molar-refractivity contribution < 1.29 is 22.3 Å². The Morgan fingerprint density at radius 3 is 2.47 bits per heavy atom. The molecular weight excluding hydrogens is 406 g/mol. The molecule has 2 aromatic carbocycles. The minimum atomic E-state index is -3.83. The Kier molecular flexibility index (Phi) is 5.74. The van der Waals surface area contributed by atoms with Crippen LogP contribution >= 0.6 is 0 Å². The van der Waals surface area contributed by atoms with Gasteiger partial charge in [-0.3, -0.25) is 0 Å². The molecule has 1 aliphatic rings. The first-order valence-electron chi connectivity index (χ1n) is 9.74. The van der Waals surface area contributed by atoms with Crippen molar-refractivity contribution in [2.24, 2.45) is 0 Å². The van der Waals surface area contributed by atoms with E-state index in [2.05, 4.69) is 10.2 Å². The lowest BCUT2D eigenvalue weighted by atomic mass is 10.2. The molecule has 1 aliphatic heterocycles. The van der Waals surface area contributed by atoms with Crippen molar-refractivity contribution in [2.75, 3.05) is 13.2 Å². The first-order valence-corrected chi connectivity index (χ1v) is 11.2. The summed E-state index contributed by atoms with van der Waals surface area (Å²) in [6.45, 7) is 4.59. The van der Waals surface area contributed by atoms with E-state index in [1.165, 1.54) is 16.4 Å². The maximum atomic E-state index is 13.4. The molecule has 0 aliphatic carbocycles. The van der Waals surface area contributed by atoms with Gasteiger partial charge in [0, 0.05) is 24.1 Å². The lowest BCUT2D eigenvalue weighted by molar-refractivity contribution is 0.296. The van der Waals surface area contributed by atoms with Gasteiger partial charge in [-0.25, -0.2) is 8.42 Å². The third-order valence-electron chi connectivity index (χ3n) is 4.68. The van der Waals surface area contributed by atoms with Crippen molar-refractivity contribution in [3.05, 3.63) is 54.4 Å². The molecule has 0 saturated heterocycles. The summed E-state index contributed by atoms with van der Waals surface area (Å²) in [6.07, 6.45) is 0.746. The zero-order valence-electron chi connectivity index (χ0n) is 16.8. The quantitative estimate of drug-likeness (QED) is 0.592. The number of aromatic nitrogens is 2. The van der Waals surface area contributed by atoms with Crippen LogP contribution in [0.1, 0.15) is 26.2 Å². The number of benzene rings is 2. The average Bonchev–Trinajstić information content (AvgIpc) is 3.09. The molecule has 0 atom stereocenters. The third kappa shape index (κ3) is 4.17. The van der Waals surface area contributed by atoms with Gasteiger partial charge < -0.3 is 13.9 Å². The Morgan fingerprint density at radius 2 is 1.73 bits per heavy atom. The van der Waals surface area contributed by atoms with Crippen molar-refractivity contribution >= 4 is 10.0 Å². The fraction of sp³-hybridized carbons (Fsp3) is 0.333. The second kappa shape index (κ2) is 8.45. The van der Waals surface area contributed by atoms with Gasteiger partial charge in [0.25, 0.3) is 0 Å². The van der Waals surface area contributed by atoms with E-state index in [4.69, 9.17) is 13.9 Å². The molecule has 1 aromatic heterocycles. The molecule has 0 radical (unpaired) electrons. The van der Waals surface area contributed by atoms with Gasteiger partial charge >= 0.3 is 0 Å². The van der Waals surface area contributed by atoms with Crippen molar-refractivity contribution in [1.29, 1.82) is 0 Å². The highest BCUT2D eigenvalue weighted by Crippen LogP contribution is 2.33. The first kappa shape index (κ1) is 20.4. The van der Waals surface area contributed by atoms with Crippen LogP contribution in [0.5, 0.6) is 11.5 Å². The largest absolute Gasteiger partial charge is 0.490 e. The highest BCUT2D eigenvalue weighted by Gasteiger charge is 2.30. The molecular formula is C21H23N3O5S. The maximum Gasteiger partial charge on any atom is 0.247 e. The molecule has 0 N–H and O–H groups in total. The molecule has 8 nitrogen and oxygen atoms in total. The van der Waals surface area contributed by atoms with Crippen LogP contribution in [0.2, 0.25) is 0 Å². The molecule has 2 heterocycles. The van der Waals surface area contributed by atoms with Crippen LogP contribution in [0.4, 0.5) is 0 Å². The van der Waals surface area contributed by atoms with E-state index in [1.807, 2.05) is 30.3 Å². The summed E-state index contributed by atoms with van der Waals surface area (Å²) < 4.78 is 45.0. The number of nitrogens with zero attached hydrogens (tertiary/aromatic N) is 3. The Morgan fingerprint density at radius 1 is 1.00 bits per heavy atom. The van der Waals surface area contributed by atoms with Gasteiger partial charge in [0.1, 0.15) is 0 Å². The molecule has 9 heteroatoms. The predicted octanol–water partition coefficient (Wildman–Crippen LogP) is 3.50. The van der Waals surface area contributed by atoms with Gasteiger partial charge in [0.15, 0.2) is 11.5 Å². The second-order valence-electron chi connectivity index (χ2n) is 7.17. The minimum Gasteiger partial charge on any atom is -0.490 e. The average molecular weight is 429 g/mol. The summed E-state index contributed by atoms with van der Waals surface area (Å²) >= 11 is 0. The number of ether oxygens (including phenoxy) is 2. The summed E-state index contributed by atoms with van der Waals surface area (Å²) in [5.74, 6) is 1.55. The van der Waals surface area contributed by atoms with Crippen LogP contribution in [-0.4, -0.2) is 42.2 Å². The SMILES string of the molecule is CC(C)N(Cc1nnc(-c2ccccc2)o1)S(=O)(=O)c1ccc2c(c1)OCCCO2. The number of sulfonamides is 1. The Hall–Kier alpha value is -2.91. The fourth-order valence-electron chi connectivity index (χ4n) is 3.13. The number of rotatable bonds is 6. The summed E-state index contributed by atoms with van der Waals surface area (Å²) in [4.78, 5) is 0.128. The smallest absolute Gasteiger partial charge is 0.247 e. The van der Waals surface area contributed by atoms with E-state index < -0.39 is 10.0 Å². The maximum absolute atomic E-state index is 13.4. The van der Waals surface area contributed by atoms with Crippen molar-refractivity contribution in [3.63, 3.8) is 0 Å².